The highest BCUT2D eigenvalue weighted by Crippen LogP contribution is 2.21. The first-order valence-electron chi connectivity index (χ1n) is 7.01. The minimum absolute atomic E-state index is 0.0247. The van der Waals surface area contributed by atoms with Crippen LogP contribution in [0.4, 0.5) is 10.1 Å². The van der Waals surface area contributed by atoms with E-state index in [2.05, 4.69) is 17.3 Å². The van der Waals surface area contributed by atoms with Gasteiger partial charge in [0.2, 0.25) is 0 Å². The maximum atomic E-state index is 13.7. The molecule has 1 fully saturated rings. The number of halogens is 1. The lowest BCUT2D eigenvalue weighted by atomic mass is 9.94. The maximum Gasteiger partial charge on any atom is 0.335 e. The van der Waals surface area contributed by atoms with Crippen LogP contribution in [0.2, 0.25) is 0 Å². The first-order chi connectivity index (χ1) is 9.56. The van der Waals surface area contributed by atoms with Gasteiger partial charge >= 0.3 is 5.97 Å². The van der Waals surface area contributed by atoms with Crippen molar-refractivity contribution in [2.45, 2.75) is 19.3 Å². The summed E-state index contributed by atoms with van der Waals surface area (Å²) in [5.41, 5.74) is 0.353. The minimum atomic E-state index is -1.11. The molecular weight excluding hydrogens is 259 g/mol. The van der Waals surface area contributed by atoms with Crippen molar-refractivity contribution in [3.8, 4) is 0 Å². The highest BCUT2D eigenvalue weighted by Gasteiger charge is 2.16. The Bertz CT molecular complexity index is 471. The van der Waals surface area contributed by atoms with Crippen molar-refractivity contribution in [3.05, 3.63) is 29.6 Å². The molecule has 0 amide bonds. The van der Waals surface area contributed by atoms with E-state index in [1.165, 1.54) is 25.0 Å². The number of nitrogens with one attached hydrogen (secondary N) is 1. The van der Waals surface area contributed by atoms with Crippen LogP contribution in [-0.2, 0) is 0 Å². The number of carbonyl (C=O) groups is 1. The van der Waals surface area contributed by atoms with E-state index in [0.717, 1.165) is 32.1 Å². The van der Waals surface area contributed by atoms with Gasteiger partial charge < -0.3 is 15.3 Å². The summed E-state index contributed by atoms with van der Waals surface area (Å²) in [6.45, 7) is 2.98. The Kier molecular flexibility index (Phi) is 4.95. The molecule has 0 saturated carbocycles. The highest BCUT2D eigenvalue weighted by atomic mass is 19.1. The molecule has 0 unspecified atom stereocenters. The monoisotopic (exact) mass is 280 g/mol. The Balaban J connectivity index is 1.81. The van der Waals surface area contributed by atoms with Crippen molar-refractivity contribution in [2.75, 3.05) is 32.0 Å². The summed E-state index contributed by atoms with van der Waals surface area (Å²) in [6.07, 6.45) is 3.41. The molecule has 0 atom stereocenters. The van der Waals surface area contributed by atoms with Crippen LogP contribution >= 0.6 is 0 Å². The van der Waals surface area contributed by atoms with Crippen molar-refractivity contribution >= 4 is 11.7 Å². The molecule has 2 N–H and O–H groups in total. The summed E-state index contributed by atoms with van der Waals surface area (Å²) in [4.78, 5) is 13.0. The second kappa shape index (κ2) is 6.70. The van der Waals surface area contributed by atoms with Crippen LogP contribution in [0.1, 0.15) is 29.6 Å². The van der Waals surface area contributed by atoms with Crippen LogP contribution < -0.4 is 5.32 Å². The van der Waals surface area contributed by atoms with E-state index in [9.17, 15) is 9.18 Å². The van der Waals surface area contributed by atoms with Crippen LogP contribution in [0.25, 0.3) is 0 Å². The molecule has 20 heavy (non-hydrogen) atoms. The van der Waals surface area contributed by atoms with Crippen LogP contribution in [0.3, 0.4) is 0 Å². The number of benzene rings is 1. The number of anilines is 1. The molecule has 1 aliphatic heterocycles. The predicted octanol–water partition coefficient (Wildman–Crippen LogP) is 2.67. The highest BCUT2D eigenvalue weighted by molar-refractivity contribution is 5.88. The lowest BCUT2D eigenvalue weighted by Gasteiger charge is -2.29. The summed E-state index contributed by atoms with van der Waals surface area (Å²) >= 11 is 0. The first-order valence-corrected chi connectivity index (χ1v) is 7.01. The standard InChI is InChI=1S/C15H21FN2O2/c1-18-8-5-11(6-9-18)4-7-17-14-3-2-12(15(19)20)10-13(14)16/h2-3,10-11,17H,4-9H2,1H3,(H,19,20). The van der Waals surface area contributed by atoms with Gasteiger partial charge in [-0.1, -0.05) is 0 Å². The molecule has 0 spiro atoms. The average Bonchev–Trinajstić information content (AvgIpc) is 2.42. The van der Waals surface area contributed by atoms with Gasteiger partial charge in [-0.3, -0.25) is 0 Å². The zero-order valence-electron chi connectivity index (χ0n) is 11.7. The van der Waals surface area contributed by atoms with Crippen LogP contribution in [-0.4, -0.2) is 42.7 Å². The van der Waals surface area contributed by atoms with Crippen LogP contribution in [0.5, 0.6) is 0 Å². The van der Waals surface area contributed by atoms with Gasteiger partial charge in [-0.15, -0.1) is 0 Å². The molecule has 1 aromatic rings. The third-order valence-corrected chi connectivity index (χ3v) is 3.92. The average molecular weight is 280 g/mol. The zero-order valence-corrected chi connectivity index (χ0v) is 11.7. The van der Waals surface area contributed by atoms with Gasteiger partial charge in [-0.2, -0.15) is 0 Å². The zero-order chi connectivity index (χ0) is 14.5. The lowest BCUT2D eigenvalue weighted by molar-refractivity contribution is 0.0696. The third-order valence-electron chi connectivity index (χ3n) is 3.92. The van der Waals surface area contributed by atoms with E-state index in [0.29, 0.717) is 11.6 Å². The quantitative estimate of drug-likeness (QED) is 0.870. The molecule has 5 heteroatoms. The van der Waals surface area contributed by atoms with E-state index in [1.54, 1.807) is 0 Å². The largest absolute Gasteiger partial charge is 0.478 e. The summed E-state index contributed by atoms with van der Waals surface area (Å²) in [5, 5.41) is 11.8. The molecule has 110 valence electrons. The SMILES string of the molecule is CN1CCC(CCNc2ccc(C(=O)O)cc2F)CC1. The molecule has 0 radical (unpaired) electrons. The topological polar surface area (TPSA) is 52.6 Å². The Morgan fingerprint density at radius 2 is 2.15 bits per heavy atom. The van der Waals surface area contributed by atoms with Crippen molar-refractivity contribution in [3.63, 3.8) is 0 Å². The number of nitrogens with zero attached hydrogens (tertiary/aromatic N) is 1. The fourth-order valence-electron chi connectivity index (χ4n) is 2.55. The van der Waals surface area contributed by atoms with Crippen LogP contribution in [0, 0.1) is 11.7 Å². The van der Waals surface area contributed by atoms with Crippen molar-refractivity contribution in [1.82, 2.24) is 4.90 Å². The van der Waals surface area contributed by atoms with Gasteiger partial charge in [0.25, 0.3) is 0 Å². The third kappa shape index (κ3) is 3.93. The normalized spacial score (nSPS) is 17.1. The van der Waals surface area contributed by atoms with Crippen LogP contribution in [0.15, 0.2) is 18.2 Å². The number of likely N-dealkylation sites (tertiary alicyclic amines) is 1. The van der Waals surface area contributed by atoms with Gasteiger partial charge in [0.1, 0.15) is 5.82 Å². The molecule has 1 aromatic carbocycles. The molecule has 1 aliphatic rings. The predicted molar refractivity (Wildman–Crippen MR) is 76.7 cm³/mol. The van der Waals surface area contributed by atoms with E-state index in [4.69, 9.17) is 5.11 Å². The molecule has 0 bridgehead atoms. The lowest BCUT2D eigenvalue weighted by Crippen LogP contribution is -2.30. The maximum absolute atomic E-state index is 13.7. The molecule has 0 aliphatic carbocycles. The summed E-state index contributed by atoms with van der Waals surface area (Å²) in [5.74, 6) is -0.921. The van der Waals surface area contributed by atoms with Gasteiger partial charge in [0.15, 0.2) is 0 Å². The number of hydrogen-bond donors (Lipinski definition) is 2. The van der Waals surface area contributed by atoms with E-state index in [-0.39, 0.29) is 5.56 Å². The first kappa shape index (κ1) is 14.8. The summed E-state index contributed by atoms with van der Waals surface area (Å²) in [7, 11) is 2.13. The summed E-state index contributed by atoms with van der Waals surface area (Å²) in [6, 6.07) is 3.97. The Hall–Kier alpha value is -1.62. The van der Waals surface area contributed by atoms with Gasteiger partial charge in [-0.25, -0.2) is 9.18 Å². The molecule has 2 rings (SSSR count). The molecule has 0 aromatic heterocycles. The number of rotatable bonds is 5. The van der Waals surface area contributed by atoms with Crippen molar-refractivity contribution in [2.24, 2.45) is 5.92 Å². The number of hydrogen-bond acceptors (Lipinski definition) is 3. The smallest absolute Gasteiger partial charge is 0.335 e. The molecule has 1 heterocycles. The fourth-order valence-corrected chi connectivity index (χ4v) is 2.55. The van der Waals surface area contributed by atoms with Gasteiger partial charge in [-0.05, 0) is 63.5 Å². The Morgan fingerprint density at radius 1 is 1.45 bits per heavy atom. The Morgan fingerprint density at radius 3 is 2.75 bits per heavy atom. The van der Waals surface area contributed by atoms with E-state index in [1.807, 2.05) is 0 Å². The second-order valence-corrected chi connectivity index (χ2v) is 5.46. The number of piperidine rings is 1. The minimum Gasteiger partial charge on any atom is -0.478 e. The number of aromatic carboxylic acids is 1. The second-order valence-electron chi connectivity index (χ2n) is 5.46. The number of carboxylic acids is 1. The van der Waals surface area contributed by atoms with Gasteiger partial charge in [0, 0.05) is 6.54 Å². The molecular formula is C15H21FN2O2. The van der Waals surface area contributed by atoms with Gasteiger partial charge in [0.05, 0.1) is 11.3 Å². The molecule has 1 saturated heterocycles. The number of carboxylic acid groups (broad SMARTS) is 1. The summed E-state index contributed by atoms with van der Waals surface area (Å²) < 4.78 is 13.7. The Labute approximate surface area is 118 Å². The molecule has 4 nitrogen and oxygen atoms in total. The van der Waals surface area contributed by atoms with Crippen molar-refractivity contribution < 1.29 is 14.3 Å². The van der Waals surface area contributed by atoms with Crippen molar-refractivity contribution in [1.29, 1.82) is 0 Å². The van der Waals surface area contributed by atoms with E-state index < -0.39 is 11.8 Å². The fraction of sp³-hybridized carbons (Fsp3) is 0.533. The van der Waals surface area contributed by atoms with E-state index >= 15 is 0 Å².